The highest BCUT2D eigenvalue weighted by Crippen LogP contribution is 2.24. The highest BCUT2D eigenvalue weighted by Gasteiger charge is 2.07. The third-order valence-electron chi connectivity index (χ3n) is 2.82. The van der Waals surface area contributed by atoms with Crippen molar-refractivity contribution in [3.8, 4) is 17.1 Å². The van der Waals surface area contributed by atoms with E-state index in [0.29, 0.717) is 0 Å². The Balaban J connectivity index is 2.22. The Hall–Kier alpha value is -1.81. The highest BCUT2D eigenvalue weighted by atomic mass is 79.9. The number of benzene rings is 1. The van der Waals surface area contributed by atoms with Crippen molar-refractivity contribution in [2.45, 2.75) is 0 Å². The van der Waals surface area contributed by atoms with Gasteiger partial charge >= 0.3 is 0 Å². The lowest BCUT2D eigenvalue weighted by Gasteiger charge is -2.04. The second-order valence-electron chi connectivity index (χ2n) is 3.96. The van der Waals surface area contributed by atoms with Crippen LogP contribution in [0.1, 0.15) is 0 Å². The van der Waals surface area contributed by atoms with Crippen molar-refractivity contribution in [2.75, 3.05) is 7.11 Å². The maximum atomic E-state index is 5.25. The van der Waals surface area contributed by atoms with Gasteiger partial charge in [0, 0.05) is 10.0 Å². The lowest BCUT2D eigenvalue weighted by atomic mass is 10.2. The van der Waals surface area contributed by atoms with Crippen LogP contribution in [0.15, 0.2) is 53.3 Å². The van der Waals surface area contributed by atoms with Crippen LogP contribution in [0.25, 0.3) is 16.9 Å². The number of rotatable bonds is 2. The molecule has 3 nitrogen and oxygen atoms in total. The molecule has 18 heavy (non-hydrogen) atoms. The SMILES string of the molecule is COc1ccc2cnc(-c3cccc(Br)c3)n2c1. The maximum absolute atomic E-state index is 5.25. The van der Waals surface area contributed by atoms with Crippen LogP contribution in [0.5, 0.6) is 5.75 Å². The summed E-state index contributed by atoms with van der Waals surface area (Å²) in [5, 5.41) is 0. The predicted molar refractivity (Wildman–Crippen MR) is 74.9 cm³/mol. The van der Waals surface area contributed by atoms with Crippen molar-refractivity contribution in [3.05, 3.63) is 53.3 Å². The smallest absolute Gasteiger partial charge is 0.144 e. The molecular weight excluding hydrogens is 292 g/mol. The molecule has 2 heterocycles. The van der Waals surface area contributed by atoms with Crippen molar-refractivity contribution in [1.29, 1.82) is 0 Å². The molecule has 1 aromatic carbocycles. The molecule has 0 aliphatic carbocycles. The Morgan fingerprint density at radius 1 is 1.22 bits per heavy atom. The van der Waals surface area contributed by atoms with Gasteiger partial charge in [-0.05, 0) is 24.3 Å². The Kier molecular flexibility index (Phi) is 2.80. The van der Waals surface area contributed by atoms with E-state index in [2.05, 4.69) is 20.9 Å². The van der Waals surface area contributed by atoms with E-state index in [1.807, 2.05) is 53.2 Å². The first-order valence-corrected chi connectivity index (χ1v) is 6.34. The van der Waals surface area contributed by atoms with E-state index >= 15 is 0 Å². The van der Waals surface area contributed by atoms with Crippen molar-refractivity contribution in [1.82, 2.24) is 9.38 Å². The van der Waals surface area contributed by atoms with Gasteiger partial charge in [-0.15, -0.1) is 0 Å². The van der Waals surface area contributed by atoms with Crippen molar-refractivity contribution in [2.24, 2.45) is 0 Å². The fourth-order valence-electron chi connectivity index (χ4n) is 1.93. The Labute approximate surface area is 113 Å². The molecule has 0 radical (unpaired) electrons. The van der Waals surface area contributed by atoms with E-state index in [4.69, 9.17) is 4.74 Å². The fraction of sp³-hybridized carbons (Fsp3) is 0.0714. The summed E-state index contributed by atoms with van der Waals surface area (Å²) in [6.07, 6.45) is 3.80. The van der Waals surface area contributed by atoms with Gasteiger partial charge in [0.2, 0.25) is 0 Å². The molecule has 0 bridgehead atoms. The molecule has 0 saturated carbocycles. The van der Waals surface area contributed by atoms with Crippen LogP contribution < -0.4 is 4.74 Å². The third kappa shape index (κ3) is 1.88. The van der Waals surface area contributed by atoms with E-state index in [0.717, 1.165) is 27.1 Å². The summed E-state index contributed by atoms with van der Waals surface area (Å²) >= 11 is 3.48. The number of nitrogens with zero attached hydrogens (tertiary/aromatic N) is 2. The molecule has 0 aliphatic rings. The molecule has 0 aliphatic heterocycles. The second-order valence-corrected chi connectivity index (χ2v) is 4.87. The largest absolute Gasteiger partial charge is 0.495 e. The molecule has 4 heteroatoms. The Morgan fingerprint density at radius 3 is 2.89 bits per heavy atom. The zero-order valence-electron chi connectivity index (χ0n) is 9.80. The standard InChI is InChI=1S/C14H11BrN2O/c1-18-13-6-5-12-8-16-14(17(12)9-13)10-3-2-4-11(15)7-10/h2-9H,1H3. The van der Waals surface area contributed by atoms with E-state index in [1.165, 1.54) is 0 Å². The number of methoxy groups -OCH3 is 1. The van der Waals surface area contributed by atoms with Crippen LogP contribution in [0.3, 0.4) is 0 Å². The van der Waals surface area contributed by atoms with Crippen LogP contribution in [0.2, 0.25) is 0 Å². The predicted octanol–water partition coefficient (Wildman–Crippen LogP) is 3.77. The molecular formula is C14H11BrN2O. The normalized spacial score (nSPS) is 10.8. The molecule has 0 fully saturated rings. The Bertz CT molecular complexity index is 706. The number of pyridine rings is 1. The summed E-state index contributed by atoms with van der Waals surface area (Å²) in [6.45, 7) is 0. The van der Waals surface area contributed by atoms with Crippen LogP contribution in [0.4, 0.5) is 0 Å². The molecule has 2 aromatic heterocycles. The Morgan fingerprint density at radius 2 is 2.11 bits per heavy atom. The summed E-state index contributed by atoms with van der Waals surface area (Å²) in [6, 6.07) is 12.0. The molecule has 0 amide bonds. The number of hydrogen-bond donors (Lipinski definition) is 0. The minimum Gasteiger partial charge on any atom is -0.495 e. The topological polar surface area (TPSA) is 26.5 Å². The summed E-state index contributed by atoms with van der Waals surface area (Å²) in [5.41, 5.74) is 2.11. The van der Waals surface area contributed by atoms with Crippen LogP contribution in [0, 0.1) is 0 Å². The van der Waals surface area contributed by atoms with Crippen LogP contribution in [-0.2, 0) is 0 Å². The van der Waals surface area contributed by atoms with Crippen LogP contribution in [-0.4, -0.2) is 16.5 Å². The number of fused-ring (bicyclic) bond motifs is 1. The molecule has 90 valence electrons. The number of halogens is 1. The fourth-order valence-corrected chi connectivity index (χ4v) is 2.33. The van der Waals surface area contributed by atoms with E-state index in [1.54, 1.807) is 7.11 Å². The number of imidazole rings is 1. The average molecular weight is 303 g/mol. The molecule has 0 N–H and O–H groups in total. The van der Waals surface area contributed by atoms with Crippen molar-refractivity contribution in [3.63, 3.8) is 0 Å². The van der Waals surface area contributed by atoms with E-state index in [-0.39, 0.29) is 0 Å². The summed E-state index contributed by atoms with van der Waals surface area (Å²) < 4.78 is 8.32. The van der Waals surface area contributed by atoms with Gasteiger partial charge < -0.3 is 4.74 Å². The molecule has 0 saturated heterocycles. The molecule has 0 spiro atoms. The van der Waals surface area contributed by atoms with Gasteiger partial charge in [-0.2, -0.15) is 0 Å². The molecule has 3 aromatic rings. The number of hydrogen-bond acceptors (Lipinski definition) is 2. The second kappa shape index (κ2) is 4.46. The molecule has 3 rings (SSSR count). The quantitative estimate of drug-likeness (QED) is 0.720. The van der Waals surface area contributed by atoms with E-state index < -0.39 is 0 Å². The summed E-state index contributed by atoms with van der Waals surface area (Å²) in [7, 11) is 1.66. The van der Waals surface area contributed by atoms with Gasteiger partial charge in [0.1, 0.15) is 11.6 Å². The van der Waals surface area contributed by atoms with Gasteiger partial charge in [-0.25, -0.2) is 4.98 Å². The average Bonchev–Trinajstić information content (AvgIpc) is 2.81. The first-order valence-electron chi connectivity index (χ1n) is 5.55. The molecule has 0 atom stereocenters. The summed E-state index contributed by atoms with van der Waals surface area (Å²) in [5.74, 6) is 1.72. The van der Waals surface area contributed by atoms with E-state index in [9.17, 15) is 0 Å². The van der Waals surface area contributed by atoms with Crippen molar-refractivity contribution >= 4 is 21.4 Å². The maximum Gasteiger partial charge on any atom is 0.144 e. The van der Waals surface area contributed by atoms with Gasteiger partial charge in [0.25, 0.3) is 0 Å². The minimum absolute atomic E-state index is 0.816. The lowest BCUT2D eigenvalue weighted by molar-refractivity contribution is 0.412. The van der Waals surface area contributed by atoms with Gasteiger partial charge in [0.05, 0.1) is 25.0 Å². The van der Waals surface area contributed by atoms with Gasteiger partial charge in [0.15, 0.2) is 0 Å². The third-order valence-corrected chi connectivity index (χ3v) is 3.31. The first kappa shape index (κ1) is 11.3. The minimum atomic E-state index is 0.816. The highest BCUT2D eigenvalue weighted by molar-refractivity contribution is 9.10. The number of ether oxygens (including phenoxy) is 1. The lowest BCUT2D eigenvalue weighted by Crippen LogP contribution is -1.91. The molecule has 0 unspecified atom stereocenters. The van der Waals surface area contributed by atoms with Crippen molar-refractivity contribution < 1.29 is 4.74 Å². The zero-order chi connectivity index (χ0) is 12.5. The van der Waals surface area contributed by atoms with Crippen LogP contribution >= 0.6 is 15.9 Å². The zero-order valence-corrected chi connectivity index (χ0v) is 11.4. The number of aromatic nitrogens is 2. The van der Waals surface area contributed by atoms with Gasteiger partial charge in [-0.3, -0.25) is 4.40 Å². The van der Waals surface area contributed by atoms with Gasteiger partial charge in [-0.1, -0.05) is 28.1 Å². The monoisotopic (exact) mass is 302 g/mol. The first-order chi connectivity index (χ1) is 8.78. The summed E-state index contributed by atoms with van der Waals surface area (Å²) in [4.78, 5) is 4.47.